The number of halogens is 2. The fraction of sp³-hybridized carbons (Fsp3) is 0.240. The van der Waals surface area contributed by atoms with Crippen molar-refractivity contribution in [1.82, 2.24) is 5.32 Å². The van der Waals surface area contributed by atoms with E-state index in [0.29, 0.717) is 18.8 Å². The molecule has 3 aromatic rings. The molecule has 0 aromatic heterocycles. The lowest BCUT2D eigenvalue weighted by molar-refractivity contribution is -0.121. The molecule has 31 heavy (non-hydrogen) atoms. The summed E-state index contributed by atoms with van der Waals surface area (Å²) in [4.78, 5) is 14.7. The maximum Gasteiger partial charge on any atom is 0.222 e. The number of rotatable bonds is 6. The van der Waals surface area contributed by atoms with E-state index >= 15 is 0 Å². The quantitative estimate of drug-likeness (QED) is 0.624. The van der Waals surface area contributed by atoms with Crippen LogP contribution in [0.2, 0.25) is 0 Å². The molecule has 1 aliphatic rings. The van der Waals surface area contributed by atoms with Crippen LogP contribution in [0.1, 0.15) is 23.1 Å². The Morgan fingerprint density at radius 1 is 1.00 bits per heavy atom. The summed E-state index contributed by atoms with van der Waals surface area (Å²) in [6.45, 7) is 3.22. The standard InChI is InChI=1S/C25H24F2N2O2/c1-17-2-4-19(5-3-17)15-29-22(16-31-24-12-21(27)10-11-23(24)29)13-25(30)28-14-18-6-8-20(26)9-7-18/h2-12,22H,13-16H2,1H3,(H,28,30)/t22-/m0/s1. The second kappa shape index (κ2) is 9.16. The minimum absolute atomic E-state index is 0.127. The summed E-state index contributed by atoms with van der Waals surface area (Å²) in [5.41, 5.74) is 3.86. The largest absolute Gasteiger partial charge is 0.489 e. The average Bonchev–Trinajstić information content (AvgIpc) is 2.76. The number of hydrogen-bond acceptors (Lipinski definition) is 3. The van der Waals surface area contributed by atoms with Gasteiger partial charge in [0.2, 0.25) is 5.91 Å². The van der Waals surface area contributed by atoms with E-state index in [9.17, 15) is 13.6 Å². The van der Waals surface area contributed by atoms with E-state index < -0.39 is 0 Å². The topological polar surface area (TPSA) is 41.6 Å². The maximum atomic E-state index is 13.7. The minimum atomic E-state index is -0.357. The Morgan fingerprint density at radius 2 is 1.68 bits per heavy atom. The van der Waals surface area contributed by atoms with Crippen LogP contribution < -0.4 is 15.0 Å². The van der Waals surface area contributed by atoms with Gasteiger partial charge >= 0.3 is 0 Å². The van der Waals surface area contributed by atoms with E-state index in [1.54, 1.807) is 18.2 Å². The maximum absolute atomic E-state index is 13.7. The Balaban J connectivity index is 1.48. The Kier molecular flexibility index (Phi) is 6.16. The first kappa shape index (κ1) is 20.8. The highest BCUT2D eigenvalue weighted by atomic mass is 19.1. The SMILES string of the molecule is Cc1ccc(CN2c3ccc(F)cc3OC[C@@H]2CC(=O)NCc2ccc(F)cc2)cc1. The number of fused-ring (bicyclic) bond motifs is 1. The van der Waals surface area contributed by atoms with Gasteiger partial charge in [0.05, 0.1) is 18.2 Å². The molecule has 0 unspecified atom stereocenters. The number of nitrogens with one attached hydrogen (secondary N) is 1. The number of carbonyl (C=O) groups excluding carboxylic acids is 1. The smallest absolute Gasteiger partial charge is 0.222 e. The summed E-state index contributed by atoms with van der Waals surface area (Å²) in [6, 6.07) is 18.5. The van der Waals surface area contributed by atoms with Gasteiger partial charge in [-0.15, -0.1) is 0 Å². The Labute approximate surface area is 180 Å². The molecule has 0 bridgehead atoms. The molecule has 160 valence electrons. The van der Waals surface area contributed by atoms with Gasteiger partial charge in [0.1, 0.15) is 24.0 Å². The monoisotopic (exact) mass is 422 g/mol. The number of amides is 1. The third kappa shape index (κ3) is 5.20. The molecule has 3 aromatic carbocycles. The van der Waals surface area contributed by atoms with Crippen LogP contribution in [0.3, 0.4) is 0 Å². The molecule has 1 amide bonds. The molecule has 4 rings (SSSR count). The highest BCUT2D eigenvalue weighted by molar-refractivity contribution is 5.77. The Morgan fingerprint density at radius 3 is 2.42 bits per heavy atom. The zero-order chi connectivity index (χ0) is 21.8. The molecule has 0 aliphatic carbocycles. The van der Waals surface area contributed by atoms with Crippen molar-refractivity contribution in [1.29, 1.82) is 0 Å². The van der Waals surface area contributed by atoms with Gasteiger partial charge in [-0.05, 0) is 42.3 Å². The summed E-state index contributed by atoms with van der Waals surface area (Å²) in [5.74, 6) is -0.312. The van der Waals surface area contributed by atoms with E-state index in [4.69, 9.17) is 4.74 Å². The fourth-order valence-corrected chi connectivity index (χ4v) is 3.68. The number of ether oxygens (including phenoxy) is 1. The van der Waals surface area contributed by atoms with Gasteiger partial charge < -0.3 is 15.0 Å². The van der Waals surface area contributed by atoms with Crippen LogP contribution in [-0.4, -0.2) is 18.6 Å². The molecular formula is C25H24F2N2O2. The van der Waals surface area contributed by atoms with Gasteiger partial charge in [-0.25, -0.2) is 8.78 Å². The zero-order valence-electron chi connectivity index (χ0n) is 17.3. The molecule has 1 heterocycles. The number of benzene rings is 3. The van der Waals surface area contributed by atoms with Gasteiger partial charge in [0, 0.05) is 19.2 Å². The Hall–Kier alpha value is -3.41. The van der Waals surface area contributed by atoms with Crippen LogP contribution in [0.25, 0.3) is 0 Å². The molecule has 0 spiro atoms. The lowest BCUT2D eigenvalue weighted by atomic mass is 10.1. The van der Waals surface area contributed by atoms with E-state index in [1.165, 1.54) is 29.8 Å². The van der Waals surface area contributed by atoms with Gasteiger partial charge in [-0.3, -0.25) is 4.79 Å². The van der Waals surface area contributed by atoms with Crippen LogP contribution in [0.4, 0.5) is 14.5 Å². The third-order valence-electron chi connectivity index (χ3n) is 5.40. The van der Waals surface area contributed by atoms with Crippen molar-refractivity contribution >= 4 is 11.6 Å². The minimum Gasteiger partial charge on any atom is -0.489 e. The molecule has 4 nitrogen and oxygen atoms in total. The summed E-state index contributed by atoms with van der Waals surface area (Å²) in [6.07, 6.45) is 0.226. The predicted molar refractivity (Wildman–Crippen MR) is 116 cm³/mol. The van der Waals surface area contributed by atoms with Crippen molar-refractivity contribution in [3.63, 3.8) is 0 Å². The van der Waals surface area contributed by atoms with Gasteiger partial charge in [0.25, 0.3) is 0 Å². The summed E-state index contributed by atoms with van der Waals surface area (Å²) >= 11 is 0. The van der Waals surface area contributed by atoms with Crippen molar-refractivity contribution in [2.24, 2.45) is 0 Å². The van der Waals surface area contributed by atoms with Gasteiger partial charge in [0.15, 0.2) is 0 Å². The second-order valence-electron chi connectivity index (χ2n) is 7.80. The molecule has 1 aliphatic heterocycles. The zero-order valence-corrected chi connectivity index (χ0v) is 17.3. The summed E-state index contributed by atoms with van der Waals surface area (Å²) in [5, 5.41) is 2.89. The molecule has 0 saturated heterocycles. The highest BCUT2D eigenvalue weighted by Crippen LogP contribution is 2.36. The summed E-state index contributed by atoms with van der Waals surface area (Å²) in [7, 11) is 0. The molecular weight excluding hydrogens is 398 g/mol. The predicted octanol–water partition coefficient (Wildman–Crippen LogP) is 4.75. The molecule has 0 saturated carbocycles. The number of nitrogens with zero attached hydrogens (tertiary/aromatic N) is 1. The van der Waals surface area contributed by atoms with Crippen molar-refractivity contribution in [2.75, 3.05) is 11.5 Å². The molecule has 6 heteroatoms. The first-order chi connectivity index (χ1) is 15.0. The van der Waals surface area contributed by atoms with Crippen molar-refractivity contribution in [2.45, 2.75) is 32.5 Å². The molecule has 0 fully saturated rings. The van der Waals surface area contributed by atoms with E-state index in [2.05, 4.69) is 22.3 Å². The number of carbonyl (C=O) groups is 1. The lowest BCUT2D eigenvalue weighted by Gasteiger charge is -2.38. The first-order valence-corrected chi connectivity index (χ1v) is 10.2. The van der Waals surface area contributed by atoms with E-state index in [0.717, 1.165) is 16.8 Å². The molecule has 1 atom stereocenters. The van der Waals surface area contributed by atoms with Crippen molar-refractivity contribution in [3.8, 4) is 5.75 Å². The van der Waals surface area contributed by atoms with E-state index in [-0.39, 0.29) is 36.6 Å². The van der Waals surface area contributed by atoms with Crippen molar-refractivity contribution < 1.29 is 18.3 Å². The van der Waals surface area contributed by atoms with Crippen LogP contribution >= 0.6 is 0 Å². The number of anilines is 1. The van der Waals surface area contributed by atoms with Gasteiger partial charge in [-0.2, -0.15) is 0 Å². The van der Waals surface area contributed by atoms with E-state index in [1.807, 2.05) is 19.1 Å². The van der Waals surface area contributed by atoms with Crippen LogP contribution in [-0.2, 0) is 17.9 Å². The molecule has 0 radical (unpaired) electrons. The molecule has 1 N–H and O–H groups in total. The highest BCUT2D eigenvalue weighted by Gasteiger charge is 2.29. The van der Waals surface area contributed by atoms with Crippen LogP contribution in [0.5, 0.6) is 5.75 Å². The number of aryl methyl sites for hydroxylation is 1. The number of hydrogen-bond donors (Lipinski definition) is 1. The van der Waals surface area contributed by atoms with Gasteiger partial charge in [-0.1, -0.05) is 42.0 Å². The normalized spacial score (nSPS) is 15.2. The average molecular weight is 422 g/mol. The van der Waals surface area contributed by atoms with Crippen LogP contribution in [0.15, 0.2) is 66.7 Å². The fourth-order valence-electron chi connectivity index (χ4n) is 3.68. The lowest BCUT2D eigenvalue weighted by Crippen LogP contribution is -2.45. The van der Waals surface area contributed by atoms with Crippen LogP contribution in [0, 0.1) is 18.6 Å². The third-order valence-corrected chi connectivity index (χ3v) is 5.40. The second-order valence-corrected chi connectivity index (χ2v) is 7.80. The first-order valence-electron chi connectivity index (χ1n) is 10.2. The Bertz CT molecular complexity index is 1050. The summed E-state index contributed by atoms with van der Waals surface area (Å²) < 4.78 is 32.5. The van der Waals surface area contributed by atoms with Crippen molar-refractivity contribution in [3.05, 3.63) is 95.1 Å².